The van der Waals surface area contributed by atoms with Crippen LogP contribution in [0, 0.1) is 11.8 Å². The van der Waals surface area contributed by atoms with Gasteiger partial charge in [0, 0.05) is 24.1 Å². The number of nitrogens with zero attached hydrogens (tertiary/aromatic N) is 2. The van der Waals surface area contributed by atoms with Crippen molar-refractivity contribution < 1.29 is 48.0 Å². The average molecular weight is 566 g/mol. The van der Waals surface area contributed by atoms with E-state index in [4.69, 9.17) is 5.73 Å². The van der Waals surface area contributed by atoms with Gasteiger partial charge in [-0.05, 0) is 69.9 Å². The van der Waals surface area contributed by atoms with Gasteiger partial charge in [0.15, 0.2) is 11.4 Å². The van der Waals surface area contributed by atoms with E-state index in [1.165, 1.54) is 19.0 Å². The highest BCUT2D eigenvalue weighted by atomic mass is 19.4. The number of amides is 1. The Morgan fingerprint density at radius 1 is 1.15 bits per heavy atom. The zero-order chi connectivity index (χ0) is 29.6. The number of rotatable bonds is 5. The van der Waals surface area contributed by atoms with Gasteiger partial charge in [-0.1, -0.05) is 0 Å². The Bertz CT molecular complexity index is 1410. The summed E-state index contributed by atoms with van der Waals surface area (Å²) < 4.78 is 43.6. The molecule has 216 valence electrons. The molecule has 0 aromatic heterocycles. The number of fused-ring (bicyclic) bond motifs is 3. The monoisotopic (exact) mass is 565 g/mol. The molecule has 0 radical (unpaired) electrons. The van der Waals surface area contributed by atoms with Crippen molar-refractivity contribution in [3.63, 3.8) is 0 Å². The van der Waals surface area contributed by atoms with E-state index < -0.39 is 98.7 Å². The number of benzene rings is 1. The van der Waals surface area contributed by atoms with Gasteiger partial charge in [-0.2, -0.15) is 13.2 Å². The van der Waals surface area contributed by atoms with Crippen molar-refractivity contribution in [2.24, 2.45) is 17.6 Å². The number of primary amides is 1. The van der Waals surface area contributed by atoms with E-state index in [2.05, 4.69) is 0 Å². The molecule has 0 heterocycles. The van der Waals surface area contributed by atoms with Crippen LogP contribution in [0.15, 0.2) is 28.7 Å². The van der Waals surface area contributed by atoms with Gasteiger partial charge in [0.25, 0.3) is 5.91 Å². The minimum Gasteiger partial charge on any atom is -0.510 e. The molecular formula is C27H30F3N3O7. The number of nitrogens with two attached hydrogens (primary N) is 1. The molecule has 0 bridgehead atoms. The molecule has 0 aliphatic heterocycles. The number of allylic oxidation sites excluding steroid dienone is 1. The number of aliphatic hydroxyl groups is 3. The minimum absolute atomic E-state index is 0.110. The second kappa shape index (κ2) is 9.05. The van der Waals surface area contributed by atoms with Crippen LogP contribution in [0.5, 0.6) is 5.75 Å². The number of ketones is 2. The third-order valence-corrected chi connectivity index (χ3v) is 8.68. The summed E-state index contributed by atoms with van der Waals surface area (Å²) >= 11 is 0. The van der Waals surface area contributed by atoms with E-state index >= 15 is 0 Å². The smallest absolute Gasteiger partial charge is 0.417 e. The lowest BCUT2D eigenvalue weighted by atomic mass is 9.58. The van der Waals surface area contributed by atoms with Crippen LogP contribution in [0.25, 0.3) is 0 Å². The molecule has 1 saturated carbocycles. The number of phenolic OH excluding ortho intramolecular Hbond substituents is 1. The van der Waals surface area contributed by atoms with Gasteiger partial charge < -0.3 is 26.2 Å². The number of carbonyl (C=O) groups is 3. The first kappa shape index (κ1) is 28.1. The Balaban J connectivity index is 1.71. The van der Waals surface area contributed by atoms with Gasteiger partial charge in [0.1, 0.15) is 22.8 Å². The van der Waals surface area contributed by atoms with Crippen LogP contribution in [0.3, 0.4) is 0 Å². The summed E-state index contributed by atoms with van der Waals surface area (Å²) in [6.45, 7) is -0.110. The van der Waals surface area contributed by atoms with Crippen molar-refractivity contribution in [2.75, 3.05) is 21.1 Å². The van der Waals surface area contributed by atoms with Crippen molar-refractivity contribution in [3.8, 4) is 5.75 Å². The molecule has 0 saturated heterocycles. The number of halogens is 3. The van der Waals surface area contributed by atoms with Crippen LogP contribution >= 0.6 is 0 Å². The third-order valence-electron chi connectivity index (χ3n) is 8.68. The van der Waals surface area contributed by atoms with Crippen LogP contribution in [-0.4, -0.2) is 86.5 Å². The number of hydrogen-bond donors (Lipinski definition) is 5. The fraction of sp³-hybridized carbons (Fsp3) is 0.519. The Labute approximate surface area is 227 Å². The van der Waals surface area contributed by atoms with E-state index in [0.717, 1.165) is 18.9 Å². The fourth-order valence-corrected chi connectivity index (χ4v) is 6.78. The molecular weight excluding hydrogens is 535 g/mol. The van der Waals surface area contributed by atoms with Crippen LogP contribution < -0.4 is 5.73 Å². The summed E-state index contributed by atoms with van der Waals surface area (Å²) in [5.74, 6) is -8.95. The topological polar surface area (TPSA) is 165 Å². The van der Waals surface area contributed by atoms with Gasteiger partial charge in [0.05, 0.1) is 17.2 Å². The normalized spacial score (nSPS) is 28.7. The molecule has 1 amide bonds. The molecule has 6 N–H and O–H groups in total. The van der Waals surface area contributed by atoms with Crippen molar-refractivity contribution in [1.29, 1.82) is 0 Å². The van der Waals surface area contributed by atoms with E-state index in [9.17, 15) is 48.0 Å². The predicted molar refractivity (Wildman–Crippen MR) is 133 cm³/mol. The van der Waals surface area contributed by atoms with Crippen LogP contribution in [0.1, 0.15) is 46.3 Å². The maximum Gasteiger partial charge on any atom is 0.417 e. The maximum atomic E-state index is 14.5. The van der Waals surface area contributed by atoms with Gasteiger partial charge >= 0.3 is 6.18 Å². The third kappa shape index (κ3) is 3.93. The SMILES string of the molecule is CN(Cc1cc(O)c2c(c1C(F)(F)F)C[C@H]1C[C@H]3[C@H](N(C)C)C(O)=C(C(N)=O)C(=O)[C@@]3(O)C(O)=C1C2=O)C1CC1. The number of alkyl halides is 3. The molecule has 10 nitrogen and oxygen atoms in total. The highest BCUT2D eigenvalue weighted by Gasteiger charge is 2.63. The molecule has 4 aliphatic rings. The predicted octanol–water partition coefficient (Wildman–Crippen LogP) is 1.73. The number of phenols is 1. The highest BCUT2D eigenvalue weighted by molar-refractivity contribution is 6.24. The second-order valence-corrected chi connectivity index (χ2v) is 11.4. The zero-order valence-corrected chi connectivity index (χ0v) is 22.0. The number of Topliss-reactive ketones (excluding diaryl/α,β-unsaturated/α-hetero) is 2. The quantitative estimate of drug-likeness (QED) is 0.335. The molecule has 4 aliphatic carbocycles. The van der Waals surface area contributed by atoms with Gasteiger partial charge in [-0.25, -0.2) is 0 Å². The van der Waals surface area contributed by atoms with E-state index in [-0.39, 0.29) is 24.6 Å². The standard InChI is InChI=1S/C27H30F3N3O7/c1-32(2)20-14-7-10-6-13-17(15(34)8-11(19(13)27(28,29)30)9-33(3)12-4-5-12)21(35)16(10)23(37)26(14,40)24(38)18(22(20)36)25(31)39/h8,10,12,14,20,34,36-37,40H,4-7,9H2,1-3H3,(H2,31,39)/t10-,14-,20-,26-/m0/s1. The first-order chi connectivity index (χ1) is 18.5. The summed E-state index contributed by atoms with van der Waals surface area (Å²) in [6.07, 6.45) is -3.91. The summed E-state index contributed by atoms with van der Waals surface area (Å²) in [5.41, 5.74) is -1.35. The molecule has 4 atom stereocenters. The largest absolute Gasteiger partial charge is 0.510 e. The van der Waals surface area contributed by atoms with Crippen molar-refractivity contribution >= 4 is 17.5 Å². The second-order valence-electron chi connectivity index (χ2n) is 11.4. The van der Waals surface area contributed by atoms with Crippen molar-refractivity contribution in [1.82, 2.24) is 9.80 Å². The average Bonchev–Trinajstić information content (AvgIpc) is 3.65. The lowest BCUT2D eigenvalue weighted by Gasteiger charge is -2.50. The van der Waals surface area contributed by atoms with Gasteiger partial charge in [0.2, 0.25) is 5.78 Å². The molecule has 1 aromatic rings. The first-order valence-electron chi connectivity index (χ1n) is 12.8. The summed E-state index contributed by atoms with van der Waals surface area (Å²) in [6, 6.07) is -0.211. The number of carbonyl (C=O) groups excluding carboxylic acids is 3. The van der Waals surface area contributed by atoms with Crippen LogP contribution in [0.2, 0.25) is 0 Å². The lowest BCUT2D eigenvalue weighted by Crippen LogP contribution is -2.63. The van der Waals surface area contributed by atoms with E-state index in [0.29, 0.717) is 0 Å². The molecule has 0 spiro atoms. The van der Waals surface area contributed by atoms with E-state index in [1.54, 1.807) is 11.9 Å². The van der Waals surface area contributed by atoms with Crippen molar-refractivity contribution in [3.05, 3.63) is 51.0 Å². The lowest BCUT2D eigenvalue weighted by molar-refractivity contribution is -0.148. The summed E-state index contributed by atoms with van der Waals surface area (Å²) in [4.78, 5) is 42.2. The fourth-order valence-electron chi connectivity index (χ4n) is 6.78. The number of hydrogen-bond acceptors (Lipinski definition) is 9. The Morgan fingerprint density at radius 3 is 2.30 bits per heavy atom. The number of aromatic hydroxyl groups is 1. The minimum atomic E-state index is -4.87. The first-order valence-corrected chi connectivity index (χ1v) is 12.8. The molecule has 5 rings (SSSR count). The Hall–Kier alpha value is -3.42. The molecule has 1 aromatic carbocycles. The molecule has 13 heteroatoms. The number of likely N-dealkylation sites (N-methyl/N-ethyl adjacent to an activating group) is 1. The van der Waals surface area contributed by atoms with E-state index in [1.807, 2.05) is 0 Å². The number of aliphatic hydroxyl groups excluding tert-OH is 2. The van der Waals surface area contributed by atoms with Gasteiger partial charge in [-0.15, -0.1) is 0 Å². The van der Waals surface area contributed by atoms with Gasteiger partial charge in [-0.3, -0.25) is 24.2 Å². The maximum absolute atomic E-state index is 14.5. The molecule has 1 fully saturated rings. The molecule has 40 heavy (non-hydrogen) atoms. The highest BCUT2D eigenvalue weighted by Crippen LogP contribution is 2.54. The summed E-state index contributed by atoms with van der Waals surface area (Å²) in [5, 5.41) is 44.5. The Morgan fingerprint density at radius 2 is 1.77 bits per heavy atom. The zero-order valence-electron chi connectivity index (χ0n) is 22.0. The Kier molecular flexibility index (Phi) is 6.36. The van der Waals surface area contributed by atoms with Crippen molar-refractivity contribution in [2.45, 2.75) is 56.1 Å². The molecule has 0 unspecified atom stereocenters. The van der Waals surface area contributed by atoms with Crippen LogP contribution in [-0.2, 0) is 28.7 Å². The summed E-state index contributed by atoms with van der Waals surface area (Å²) in [7, 11) is 4.62. The van der Waals surface area contributed by atoms with Crippen LogP contribution in [0.4, 0.5) is 13.2 Å².